The summed E-state index contributed by atoms with van der Waals surface area (Å²) in [7, 11) is 0. The molecule has 0 aliphatic heterocycles. The van der Waals surface area contributed by atoms with Gasteiger partial charge in [-0.2, -0.15) is 26.3 Å². The lowest BCUT2D eigenvalue weighted by Crippen LogP contribution is -2.35. The van der Waals surface area contributed by atoms with Crippen molar-refractivity contribution in [2.75, 3.05) is 0 Å². The molecule has 4 heterocycles. The number of fused-ring (bicyclic) bond motifs is 2. The summed E-state index contributed by atoms with van der Waals surface area (Å²) < 4.78 is 79.6. The number of aromatic nitrogens is 6. The van der Waals surface area contributed by atoms with Gasteiger partial charge in [-0.05, 0) is 24.3 Å². The van der Waals surface area contributed by atoms with E-state index >= 15 is 0 Å². The molecule has 0 spiro atoms. The topological polar surface area (TPSA) is 102 Å². The van der Waals surface area contributed by atoms with E-state index in [2.05, 4.69) is 31.0 Å². The van der Waals surface area contributed by atoms with E-state index in [-0.39, 0.29) is 36.0 Å². The monoisotopic (exact) mass is 458 g/mol. The normalized spacial score (nSPS) is 12.4. The van der Waals surface area contributed by atoms with Gasteiger partial charge in [-0.25, -0.2) is 4.79 Å². The second-order valence-electron chi connectivity index (χ2n) is 6.56. The molecule has 9 nitrogen and oxygen atoms in total. The van der Waals surface area contributed by atoms with Crippen LogP contribution in [0.15, 0.2) is 36.7 Å². The van der Waals surface area contributed by atoms with Crippen LogP contribution >= 0.6 is 0 Å². The molecule has 0 unspecified atom stereocenters. The second-order valence-corrected chi connectivity index (χ2v) is 6.56. The molecule has 0 aromatic carbocycles. The van der Waals surface area contributed by atoms with Gasteiger partial charge in [0.05, 0.1) is 24.2 Å². The summed E-state index contributed by atoms with van der Waals surface area (Å²) in [6, 6.07) is 3.26. The molecule has 0 aliphatic rings. The molecule has 4 rings (SSSR count). The number of halogens is 6. The molecule has 15 heteroatoms. The third-order valence-electron chi connectivity index (χ3n) is 4.41. The Bertz CT molecular complexity index is 1190. The van der Waals surface area contributed by atoms with Gasteiger partial charge in [0.15, 0.2) is 22.9 Å². The standard InChI is InChI=1S/C17H12F6N8O/c18-16(19,20)9-1-3-11-26-28-13(30(11)7-9)5-24-15(32)25-6-14-29-27-12-4-2-10(8-31(12)14)17(21,22)23/h1-4,7-8H,5-6H2,(H2,24,25,32). The first-order valence-electron chi connectivity index (χ1n) is 8.86. The van der Waals surface area contributed by atoms with Crippen molar-refractivity contribution in [1.82, 2.24) is 39.8 Å². The number of hydrogen-bond donors (Lipinski definition) is 2. The zero-order chi connectivity index (χ0) is 23.1. The highest BCUT2D eigenvalue weighted by Gasteiger charge is 2.32. The van der Waals surface area contributed by atoms with Crippen molar-refractivity contribution >= 4 is 17.3 Å². The van der Waals surface area contributed by atoms with Crippen molar-refractivity contribution in [1.29, 1.82) is 0 Å². The average molecular weight is 458 g/mol. The lowest BCUT2D eigenvalue weighted by atomic mass is 10.3. The van der Waals surface area contributed by atoms with Gasteiger partial charge in [0.2, 0.25) is 0 Å². The molecule has 0 radical (unpaired) electrons. The molecular formula is C17H12F6N8O. The summed E-state index contributed by atoms with van der Waals surface area (Å²) in [5, 5.41) is 19.7. The third kappa shape index (κ3) is 4.26. The summed E-state index contributed by atoms with van der Waals surface area (Å²) in [5.74, 6) is 0.0907. The molecule has 0 atom stereocenters. The fourth-order valence-electron chi connectivity index (χ4n) is 2.83. The molecule has 0 saturated carbocycles. The Morgan fingerprint density at radius 2 is 1.12 bits per heavy atom. The molecule has 2 N–H and O–H groups in total. The van der Waals surface area contributed by atoms with Gasteiger partial charge < -0.3 is 10.6 Å². The maximum atomic E-state index is 12.9. The van der Waals surface area contributed by atoms with Crippen LogP contribution in [0.3, 0.4) is 0 Å². The van der Waals surface area contributed by atoms with Crippen molar-refractivity contribution in [3.05, 3.63) is 59.4 Å². The van der Waals surface area contributed by atoms with E-state index in [9.17, 15) is 31.1 Å². The van der Waals surface area contributed by atoms with Crippen molar-refractivity contribution in [3.63, 3.8) is 0 Å². The molecule has 0 fully saturated rings. The van der Waals surface area contributed by atoms with Crippen molar-refractivity contribution in [2.45, 2.75) is 25.4 Å². The predicted molar refractivity (Wildman–Crippen MR) is 95.1 cm³/mol. The lowest BCUT2D eigenvalue weighted by Gasteiger charge is -2.09. The van der Waals surface area contributed by atoms with E-state index in [0.717, 1.165) is 45.5 Å². The highest BCUT2D eigenvalue weighted by atomic mass is 19.4. The Morgan fingerprint density at radius 3 is 1.50 bits per heavy atom. The Hall–Kier alpha value is -3.91. The van der Waals surface area contributed by atoms with Gasteiger partial charge in [0.25, 0.3) is 0 Å². The van der Waals surface area contributed by atoms with Crippen LogP contribution in [0.25, 0.3) is 11.3 Å². The summed E-state index contributed by atoms with van der Waals surface area (Å²) in [6.07, 6.45) is -7.50. The van der Waals surface area contributed by atoms with Crippen LogP contribution in [0.1, 0.15) is 22.8 Å². The van der Waals surface area contributed by atoms with Crippen LogP contribution < -0.4 is 10.6 Å². The Morgan fingerprint density at radius 1 is 0.719 bits per heavy atom. The average Bonchev–Trinajstić information content (AvgIpc) is 3.32. The number of alkyl halides is 6. The zero-order valence-electron chi connectivity index (χ0n) is 15.7. The summed E-state index contributed by atoms with van der Waals surface area (Å²) in [6.45, 7) is -0.514. The highest BCUT2D eigenvalue weighted by Crippen LogP contribution is 2.30. The maximum Gasteiger partial charge on any atom is 0.417 e. The molecule has 4 aromatic heterocycles. The smallest absolute Gasteiger partial charge is 0.331 e. The molecule has 4 aromatic rings. The Labute approximate surface area is 174 Å². The number of carbonyl (C=O) groups is 1. The van der Waals surface area contributed by atoms with Crippen LogP contribution in [0.5, 0.6) is 0 Å². The largest absolute Gasteiger partial charge is 0.417 e. The van der Waals surface area contributed by atoms with Gasteiger partial charge in [-0.3, -0.25) is 8.80 Å². The van der Waals surface area contributed by atoms with Crippen molar-refractivity contribution in [2.24, 2.45) is 0 Å². The summed E-state index contributed by atoms with van der Waals surface area (Å²) in [5.41, 5.74) is -1.50. The molecular weight excluding hydrogens is 446 g/mol. The van der Waals surface area contributed by atoms with Gasteiger partial charge in [0.1, 0.15) is 0 Å². The van der Waals surface area contributed by atoms with Crippen molar-refractivity contribution in [3.8, 4) is 0 Å². The Kier molecular flexibility index (Phi) is 5.10. The lowest BCUT2D eigenvalue weighted by molar-refractivity contribution is -0.138. The third-order valence-corrected chi connectivity index (χ3v) is 4.41. The van der Waals surface area contributed by atoms with E-state index in [4.69, 9.17) is 0 Å². The number of nitrogens with zero attached hydrogens (tertiary/aromatic N) is 6. The van der Waals surface area contributed by atoms with Gasteiger partial charge in [0, 0.05) is 12.4 Å². The van der Waals surface area contributed by atoms with Crippen LogP contribution in [0.2, 0.25) is 0 Å². The van der Waals surface area contributed by atoms with E-state index in [1.54, 1.807) is 0 Å². The predicted octanol–water partition coefficient (Wildman–Crippen LogP) is 2.81. The zero-order valence-corrected chi connectivity index (χ0v) is 15.7. The fourth-order valence-corrected chi connectivity index (χ4v) is 2.83. The van der Waals surface area contributed by atoms with E-state index in [1.807, 2.05) is 0 Å². The second kappa shape index (κ2) is 7.65. The number of carbonyl (C=O) groups excluding carboxylic acids is 1. The molecule has 2 amide bonds. The molecule has 0 saturated heterocycles. The molecule has 0 bridgehead atoms. The molecule has 0 aliphatic carbocycles. The van der Waals surface area contributed by atoms with E-state index in [0.29, 0.717) is 0 Å². The van der Waals surface area contributed by atoms with Gasteiger partial charge in [-0.1, -0.05) is 0 Å². The number of amides is 2. The van der Waals surface area contributed by atoms with Crippen LogP contribution in [-0.4, -0.2) is 35.2 Å². The van der Waals surface area contributed by atoms with E-state index < -0.39 is 29.5 Å². The quantitative estimate of drug-likeness (QED) is 0.458. The first-order chi connectivity index (χ1) is 15.0. The number of urea groups is 1. The van der Waals surface area contributed by atoms with Crippen molar-refractivity contribution < 1.29 is 31.1 Å². The molecule has 32 heavy (non-hydrogen) atoms. The first kappa shape index (κ1) is 21.3. The SMILES string of the molecule is O=C(NCc1nnc2ccc(C(F)(F)F)cn12)NCc1nnc2ccc(C(F)(F)F)cn12. The van der Waals surface area contributed by atoms with Crippen LogP contribution in [-0.2, 0) is 25.4 Å². The minimum atomic E-state index is -4.56. The number of nitrogens with one attached hydrogen (secondary N) is 2. The maximum absolute atomic E-state index is 12.9. The molecule has 168 valence electrons. The van der Waals surface area contributed by atoms with Crippen LogP contribution in [0.4, 0.5) is 31.1 Å². The number of hydrogen-bond acceptors (Lipinski definition) is 5. The minimum Gasteiger partial charge on any atom is -0.331 e. The summed E-state index contributed by atoms with van der Waals surface area (Å²) in [4.78, 5) is 12.1. The van der Waals surface area contributed by atoms with E-state index in [1.165, 1.54) is 0 Å². The minimum absolute atomic E-state index is 0.0454. The first-order valence-corrected chi connectivity index (χ1v) is 8.86. The summed E-state index contributed by atoms with van der Waals surface area (Å²) >= 11 is 0. The number of rotatable bonds is 4. The van der Waals surface area contributed by atoms with Gasteiger partial charge in [-0.15, -0.1) is 20.4 Å². The van der Waals surface area contributed by atoms with Crippen LogP contribution in [0, 0.1) is 0 Å². The number of pyridine rings is 2. The fraction of sp³-hybridized carbons (Fsp3) is 0.235. The Balaban J connectivity index is 1.42. The highest BCUT2D eigenvalue weighted by molar-refractivity contribution is 5.73. The van der Waals surface area contributed by atoms with Gasteiger partial charge >= 0.3 is 18.4 Å².